The number of nitrogens with zero attached hydrogens (tertiary/aromatic N) is 1. The summed E-state index contributed by atoms with van der Waals surface area (Å²) in [5, 5.41) is 3.47. The van der Waals surface area contributed by atoms with Crippen LogP contribution in [0.25, 0.3) is 0 Å². The highest BCUT2D eigenvalue weighted by molar-refractivity contribution is 5.77. The molecule has 1 aliphatic heterocycles. The molecule has 4 heteroatoms. The van der Waals surface area contributed by atoms with E-state index in [-0.39, 0.29) is 11.9 Å². The number of likely N-dealkylation sites (tertiary alicyclic amines) is 1. The van der Waals surface area contributed by atoms with Crippen LogP contribution in [-0.4, -0.2) is 43.0 Å². The summed E-state index contributed by atoms with van der Waals surface area (Å²) >= 11 is 0. The van der Waals surface area contributed by atoms with Crippen LogP contribution in [0.15, 0.2) is 0 Å². The van der Waals surface area contributed by atoms with Gasteiger partial charge in [0.1, 0.15) is 0 Å². The summed E-state index contributed by atoms with van der Waals surface area (Å²) in [7, 11) is 0. The quantitative estimate of drug-likeness (QED) is 0.710. The number of rotatable bonds is 7. The summed E-state index contributed by atoms with van der Waals surface area (Å²) in [5.74, 6) is 1.90. The van der Waals surface area contributed by atoms with Gasteiger partial charge in [0, 0.05) is 32.1 Å². The lowest BCUT2D eigenvalue weighted by atomic mass is 10.1. The second-order valence-corrected chi connectivity index (χ2v) is 5.95. The van der Waals surface area contributed by atoms with Crippen molar-refractivity contribution in [3.8, 4) is 0 Å². The normalized spacial score (nSPS) is 23.1. The highest BCUT2D eigenvalue weighted by Crippen LogP contribution is 2.36. The molecule has 2 unspecified atom stereocenters. The van der Waals surface area contributed by atoms with Crippen LogP contribution in [0.5, 0.6) is 0 Å². The molecule has 0 spiro atoms. The molecule has 1 saturated heterocycles. The summed E-state index contributed by atoms with van der Waals surface area (Å²) in [6, 6.07) is 0.152. The van der Waals surface area contributed by atoms with Gasteiger partial charge < -0.3 is 16.0 Å². The van der Waals surface area contributed by atoms with Crippen LogP contribution in [-0.2, 0) is 4.79 Å². The lowest BCUT2D eigenvalue weighted by Crippen LogP contribution is -2.43. The van der Waals surface area contributed by atoms with E-state index >= 15 is 0 Å². The fourth-order valence-corrected chi connectivity index (χ4v) is 2.73. The number of hydrogen-bond acceptors (Lipinski definition) is 3. The molecule has 1 saturated carbocycles. The average Bonchev–Trinajstić information content (AvgIpc) is 3.08. The van der Waals surface area contributed by atoms with Gasteiger partial charge in [-0.15, -0.1) is 0 Å². The number of hydrogen-bond donors (Lipinski definition) is 2. The fraction of sp³-hybridized carbons (Fsp3) is 0.929. The minimum absolute atomic E-state index is 0.152. The van der Waals surface area contributed by atoms with Crippen LogP contribution < -0.4 is 11.1 Å². The maximum Gasteiger partial charge on any atom is 0.224 e. The Bertz CT molecular complexity index is 272. The van der Waals surface area contributed by atoms with Crippen molar-refractivity contribution < 1.29 is 4.79 Å². The van der Waals surface area contributed by atoms with Gasteiger partial charge in [-0.2, -0.15) is 0 Å². The largest absolute Gasteiger partial charge is 0.343 e. The molecule has 1 heterocycles. The van der Waals surface area contributed by atoms with Crippen LogP contribution in [0.4, 0.5) is 0 Å². The predicted octanol–water partition coefficient (Wildman–Crippen LogP) is 0.962. The van der Waals surface area contributed by atoms with E-state index in [0.717, 1.165) is 44.3 Å². The van der Waals surface area contributed by atoms with E-state index in [2.05, 4.69) is 12.2 Å². The van der Waals surface area contributed by atoms with Gasteiger partial charge in [0.25, 0.3) is 0 Å². The second kappa shape index (κ2) is 6.53. The summed E-state index contributed by atoms with van der Waals surface area (Å²) in [5.41, 5.74) is 5.76. The van der Waals surface area contributed by atoms with Crippen LogP contribution in [0.1, 0.15) is 39.0 Å². The number of nitrogens with two attached hydrogens (primary N) is 1. The van der Waals surface area contributed by atoms with E-state index in [9.17, 15) is 4.79 Å². The number of carbonyl (C=O) groups is 1. The highest BCUT2D eigenvalue weighted by Gasteiger charge is 2.28. The Kier molecular flexibility index (Phi) is 5.01. The van der Waals surface area contributed by atoms with Crippen molar-refractivity contribution in [3.05, 3.63) is 0 Å². The number of nitrogens with one attached hydrogen (secondary N) is 1. The van der Waals surface area contributed by atoms with E-state index in [1.807, 2.05) is 4.90 Å². The van der Waals surface area contributed by atoms with Crippen LogP contribution in [0.2, 0.25) is 0 Å². The van der Waals surface area contributed by atoms with Crippen molar-refractivity contribution in [2.75, 3.05) is 26.2 Å². The fourth-order valence-electron chi connectivity index (χ4n) is 2.73. The Balaban J connectivity index is 1.68. The smallest absolute Gasteiger partial charge is 0.224 e. The van der Waals surface area contributed by atoms with Crippen LogP contribution >= 0.6 is 0 Å². The van der Waals surface area contributed by atoms with Crippen molar-refractivity contribution in [3.63, 3.8) is 0 Å². The third-order valence-electron chi connectivity index (χ3n) is 4.32. The Morgan fingerprint density at radius 2 is 2.06 bits per heavy atom. The van der Waals surface area contributed by atoms with Gasteiger partial charge in [-0.3, -0.25) is 4.79 Å². The first-order valence-corrected chi connectivity index (χ1v) is 7.42. The molecule has 2 fully saturated rings. The number of carbonyl (C=O) groups excluding carboxylic acids is 1. The Hall–Kier alpha value is -0.610. The molecular weight excluding hydrogens is 226 g/mol. The van der Waals surface area contributed by atoms with Crippen molar-refractivity contribution in [1.82, 2.24) is 10.2 Å². The monoisotopic (exact) mass is 253 g/mol. The zero-order valence-corrected chi connectivity index (χ0v) is 11.5. The molecule has 2 aliphatic rings. The van der Waals surface area contributed by atoms with E-state index in [0.29, 0.717) is 13.0 Å². The first-order valence-electron chi connectivity index (χ1n) is 7.42. The third kappa shape index (κ3) is 3.95. The topological polar surface area (TPSA) is 58.4 Å². The van der Waals surface area contributed by atoms with Gasteiger partial charge in [0.2, 0.25) is 5.91 Å². The number of amides is 1. The van der Waals surface area contributed by atoms with Crippen molar-refractivity contribution in [2.45, 2.75) is 45.1 Å². The first kappa shape index (κ1) is 13.8. The maximum absolute atomic E-state index is 12.0. The lowest BCUT2D eigenvalue weighted by molar-refractivity contribution is -0.130. The molecule has 0 aromatic rings. The molecule has 18 heavy (non-hydrogen) atoms. The van der Waals surface area contributed by atoms with E-state index in [1.54, 1.807) is 0 Å². The molecule has 0 aromatic heterocycles. The van der Waals surface area contributed by atoms with Crippen LogP contribution in [0.3, 0.4) is 0 Å². The van der Waals surface area contributed by atoms with E-state index in [1.165, 1.54) is 12.8 Å². The zero-order chi connectivity index (χ0) is 13.0. The predicted molar refractivity (Wildman–Crippen MR) is 73.2 cm³/mol. The van der Waals surface area contributed by atoms with E-state index < -0.39 is 0 Å². The Morgan fingerprint density at radius 1 is 1.39 bits per heavy atom. The standard InChI is InChI=1S/C14H27N3O/c1-11(12-4-5-12)10-16-13(9-15)8-14(18)17-6-2-3-7-17/h11-13,16H,2-10,15H2,1H3. The molecule has 4 nitrogen and oxygen atoms in total. The van der Waals surface area contributed by atoms with Gasteiger partial charge in [-0.25, -0.2) is 0 Å². The van der Waals surface area contributed by atoms with Gasteiger partial charge in [0.05, 0.1) is 0 Å². The Labute approximate surface area is 110 Å². The van der Waals surface area contributed by atoms with Gasteiger partial charge in [-0.05, 0) is 44.1 Å². The molecule has 2 rings (SSSR count). The molecule has 0 aromatic carbocycles. The van der Waals surface area contributed by atoms with Crippen molar-refractivity contribution >= 4 is 5.91 Å². The second-order valence-electron chi connectivity index (χ2n) is 5.95. The van der Waals surface area contributed by atoms with Gasteiger partial charge in [0.15, 0.2) is 0 Å². The summed E-state index contributed by atoms with van der Waals surface area (Å²) in [6.45, 7) is 5.72. The third-order valence-corrected chi connectivity index (χ3v) is 4.32. The average molecular weight is 253 g/mol. The molecule has 2 atom stereocenters. The SMILES string of the molecule is CC(CNC(CN)CC(=O)N1CCCC1)C1CC1. The Morgan fingerprint density at radius 3 is 2.61 bits per heavy atom. The van der Waals surface area contributed by atoms with Crippen LogP contribution in [0, 0.1) is 11.8 Å². The van der Waals surface area contributed by atoms with Crippen molar-refractivity contribution in [2.24, 2.45) is 17.6 Å². The zero-order valence-electron chi connectivity index (χ0n) is 11.5. The van der Waals surface area contributed by atoms with E-state index in [4.69, 9.17) is 5.73 Å². The molecule has 104 valence electrons. The van der Waals surface area contributed by atoms with Crippen molar-refractivity contribution in [1.29, 1.82) is 0 Å². The first-order chi connectivity index (χ1) is 8.70. The summed E-state index contributed by atoms with van der Waals surface area (Å²) < 4.78 is 0. The molecule has 3 N–H and O–H groups in total. The van der Waals surface area contributed by atoms with Gasteiger partial charge in [-0.1, -0.05) is 6.92 Å². The summed E-state index contributed by atoms with van der Waals surface area (Å²) in [4.78, 5) is 14.0. The molecule has 0 bridgehead atoms. The lowest BCUT2D eigenvalue weighted by Gasteiger charge is -2.22. The minimum atomic E-state index is 0.152. The molecular formula is C14H27N3O. The molecule has 1 aliphatic carbocycles. The maximum atomic E-state index is 12.0. The van der Waals surface area contributed by atoms with Gasteiger partial charge >= 0.3 is 0 Å². The summed E-state index contributed by atoms with van der Waals surface area (Å²) in [6.07, 6.45) is 5.63. The molecule has 0 radical (unpaired) electrons. The molecule has 1 amide bonds. The minimum Gasteiger partial charge on any atom is -0.343 e. The highest BCUT2D eigenvalue weighted by atomic mass is 16.2.